The zero-order valence-electron chi connectivity index (χ0n) is 9.12. The Morgan fingerprint density at radius 3 is 2.94 bits per heavy atom. The van der Waals surface area contributed by atoms with Crippen LogP contribution in [-0.4, -0.2) is 5.78 Å². The summed E-state index contributed by atoms with van der Waals surface area (Å²) in [5, 5.41) is 1.15. The number of fused-ring (bicyclic) bond motifs is 1. The van der Waals surface area contributed by atoms with Crippen LogP contribution in [-0.2, 0) is 0 Å². The SMILES string of the molecule is CC#CCCC(=O)c1cc2ccccc2s1. The number of hydrogen-bond acceptors (Lipinski definition) is 2. The minimum Gasteiger partial charge on any atom is -0.293 e. The number of hydrogen-bond donors (Lipinski definition) is 0. The zero-order valence-corrected chi connectivity index (χ0v) is 9.93. The molecule has 2 rings (SSSR count). The van der Waals surface area contributed by atoms with E-state index in [9.17, 15) is 4.79 Å². The van der Waals surface area contributed by atoms with Crippen molar-refractivity contribution >= 4 is 27.2 Å². The molecule has 2 heteroatoms. The standard InChI is InChI=1S/C14H12OS/c1-2-3-4-8-12(15)14-10-11-7-5-6-9-13(11)16-14/h5-7,9-10H,4,8H2,1H3. The first-order valence-electron chi connectivity index (χ1n) is 5.22. The molecule has 0 saturated heterocycles. The Morgan fingerprint density at radius 1 is 1.38 bits per heavy atom. The van der Waals surface area contributed by atoms with Gasteiger partial charge in [-0.2, -0.15) is 0 Å². The summed E-state index contributed by atoms with van der Waals surface area (Å²) in [5.41, 5.74) is 0. The van der Waals surface area contributed by atoms with Gasteiger partial charge in [0.05, 0.1) is 4.88 Å². The van der Waals surface area contributed by atoms with Gasteiger partial charge in [0.25, 0.3) is 0 Å². The van der Waals surface area contributed by atoms with Crippen molar-refractivity contribution in [1.82, 2.24) is 0 Å². The third-order valence-electron chi connectivity index (χ3n) is 2.35. The van der Waals surface area contributed by atoms with Crippen molar-refractivity contribution in [2.45, 2.75) is 19.8 Å². The van der Waals surface area contributed by atoms with Gasteiger partial charge in [0.15, 0.2) is 5.78 Å². The fraction of sp³-hybridized carbons (Fsp3) is 0.214. The highest BCUT2D eigenvalue weighted by molar-refractivity contribution is 7.20. The number of carbonyl (C=O) groups is 1. The second-order valence-electron chi connectivity index (χ2n) is 3.50. The van der Waals surface area contributed by atoms with Crippen molar-refractivity contribution in [2.24, 2.45) is 0 Å². The molecule has 0 aliphatic rings. The highest BCUT2D eigenvalue weighted by Crippen LogP contribution is 2.26. The van der Waals surface area contributed by atoms with Crippen LogP contribution in [0.5, 0.6) is 0 Å². The molecule has 1 heterocycles. The quantitative estimate of drug-likeness (QED) is 0.575. The predicted octanol–water partition coefficient (Wildman–Crippen LogP) is 3.89. The molecule has 0 aliphatic carbocycles. The van der Waals surface area contributed by atoms with Crippen LogP contribution in [0.25, 0.3) is 10.1 Å². The van der Waals surface area contributed by atoms with Crippen LogP contribution in [0.15, 0.2) is 30.3 Å². The molecular formula is C14H12OS. The molecule has 0 fully saturated rings. The number of carbonyl (C=O) groups excluding carboxylic acids is 1. The largest absolute Gasteiger partial charge is 0.293 e. The molecule has 1 aromatic carbocycles. The van der Waals surface area contributed by atoms with E-state index in [2.05, 4.69) is 11.8 Å². The smallest absolute Gasteiger partial charge is 0.173 e. The van der Waals surface area contributed by atoms with Crippen LogP contribution in [0.4, 0.5) is 0 Å². The van der Waals surface area contributed by atoms with Crippen molar-refractivity contribution in [1.29, 1.82) is 0 Å². The van der Waals surface area contributed by atoms with Crippen molar-refractivity contribution in [3.8, 4) is 11.8 Å². The highest BCUT2D eigenvalue weighted by atomic mass is 32.1. The van der Waals surface area contributed by atoms with Crippen molar-refractivity contribution in [3.05, 3.63) is 35.2 Å². The fourth-order valence-corrected chi connectivity index (χ4v) is 2.57. The van der Waals surface area contributed by atoms with Gasteiger partial charge in [-0.05, 0) is 24.4 Å². The van der Waals surface area contributed by atoms with Crippen LogP contribution in [0.2, 0.25) is 0 Å². The minimum atomic E-state index is 0.198. The molecule has 80 valence electrons. The first-order valence-corrected chi connectivity index (χ1v) is 6.04. The Hall–Kier alpha value is -1.59. The monoisotopic (exact) mass is 228 g/mol. The lowest BCUT2D eigenvalue weighted by molar-refractivity contribution is 0.0988. The molecular weight excluding hydrogens is 216 g/mol. The fourth-order valence-electron chi connectivity index (χ4n) is 1.54. The van der Waals surface area contributed by atoms with E-state index < -0.39 is 0 Å². The van der Waals surface area contributed by atoms with Gasteiger partial charge in [0.1, 0.15) is 0 Å². The van der Waals surface area contributed by atoms with Gasteiger partial charge < -0.3 is 0 Å². The molecule has 0 saturated carbocycles. The van der Waals surface area contributed by atoms with Crippen molar-refractivity contribution in [3.63, 3.8) is 0 Å². The summed E-state index contributed by atoms with van der Waals surface area (Å²) in [4.78, 5) is 12.7. The van der Waals surface area contributed by atoms with Crippen LogP contribution >= 0.6 is 11.3 Å². The lowest BCUT2D eigenvalue weighted by Gasteiger charge is -1.91. The van der Waals surface area contributed by atoms with Gasteiger partial charge in [-0.3, -0.25) is 4.79 Å². The lowest BCUT2D eigenvalue weighted by Crippen LogP contribution is -1.93. The molecule has 0 radical (unpaired) electrons. The minimum absolute atomic E-state index is 0.198. The summed E-state index contributed by atoms with van der Waals surface area (Å²) < 4.78 is 1.17. The van der Waals surface area contributed by atoms with Crippen LogP contribution in [0.1, 0.15) is 29.4 Å². The van der Waals surface area contributed by atoms with Crippen LogP contribution in [0.3, 0.4) is 0 Å². The molecule has 1 aromatic heterocycles. The maximum atomic E-state index is 11.8. The lowest BCUT2D eigenvalue weighted by atomic mass is 10.2. The van der Waals surface area contributed by atoms with Crippen LogP contribution in [0, 0.1) is 11.8 Å². The third-order valence-corrected chi connectivity index (χ3v) is 3.51. The average molecular weight is 228 g/mol. The summed E-state index contributed by atoms with van der Waals surface area (Å²) in [7, 11) is 0. The third kappa shape index (κ3) is 2.32. The Morgan fingerprint density at radius 2 is 2.19 bits per heavy atom. The van der Waals surface area contributed by atoms with E-state index in [-0.39, 0.29) is 5.78 Å². The summed E-state index contributed by atoms with van der Waals surface area (Å²) in [6.07, 6.45) is 1.18. The van der Waals surface area contributed by atoms with Gasteiger partial charge in [0.2, 0.25) is 0 Å². The van der Waals surface area contributed by atoms with E-state index in [1.807, 2.05) is 30.3 Å². The molecule has 0 spiro atoms. The molecule has 0 atom stereocenters. The molecule has 16 heavy (non-hydrogen) atoms. The summed E-state index contributed by atoms with van der Waals surface area (Å²) in [5.74, 6) is 5.92. The Bertz CT molecular complexity index is 536. The molecule has 0 aliphatic heterocycles. The molecule has 1 nitrogen and oxygen atoms in total. The van der Waals surface area contributed by atoms with Gasteiger partial charge >= 0.3 is 0 Å². The number of rotatable bonds is 3. The van der Waals surface area contributed by atoms with E-state index >= 15 is 0 Å². The highest BCUT2D eigenvalue weighted by Gasteiger charge is 2.08. The van der Waals surface area contributed by atoms with E-state index in [0.717, 1.165) is 10.3 Å². The molecule has 0 amide bonds. The van der Waals surface area contributed by atoms with Crippen molar-refractivity contribution in [2.75, 3.05) is 0 Å². The average Bonchev–Trinajstić information content (AvgIpc) is 2.73. The Labute approximate surface area is 99.1 Å². The van der Waals surface area contributed by atoms with E-state index in [4.69, 9.17) is 0 Å². The van der Waals surface area contributed by atoms with E-state index in [1.165, 1.54) is 4.70 Å². The first-order chi connectivity index (χ1) is 7.81. The molecule has 0 N–H and O–H groups in total. The number of ketones is 1. The number of benzene rings is 1. The van der Waals surface area contributed by atoms with E-state index in [0.29, 0.717) is 12.8 Å². The molecule has 2 aromatic rings. The molecule has 0 bridgehead atoms. The Kier molecular flexibility index (Phi) is 3.38. The second kappa shape index (κ2) is 4.96. The van der Waals surface area contributed by atoms with E-state index in [1.54, 1.807) is 18.3 Å². The molecule has 0 unspecified atom stereocenters. The first kappa shape index (κ1) is 10.9. The van der Waals surface area contributed by atoms with Gasteiger partial charge in [-0.25, -0.2) is 0 Å². The second-order valence-corrected chi connectivity index (χ2v) is 4.58. The van der Waals surface area contributed by atoms with Gasteiger partial charge in [0, 0.05) is 17.5 Å². The predicted molar refractivity (Wildman–Crippen MR) is 68.8 cm³/mol. The van der Waals surface area contributed by atoms with Gasteiger partial charge in [-0.1, -0.05) is 18.2 Å². The van der Waals surface area contributed by atoms with Gasteiger partial charge in [-0.15, -0.1) is 23.2 Å². The van der Waals surface area contributed by atoms with Crippen molar-refractivity contribution < 1.29 is 4.79 Å². The van der Waals surface area contributed by atoms with Crippen LogP contribution < -0.4 is 0 Å². The maximum absolute atomic E-state index is 11.8. The zero-order chi connectivity index (χ0) is 11.4. The normalized spacial score (nSPS) is 9.81. The maximum Gasteiger partial charge on any atom is 0.173 e. The summed E-state index contributed by atoms with van der Waals surface area (Å²) in [6.45, 7) is 1.80. The summed E-state index contributed by atoms with van der Waals surface area (Å²) >= 11 is 1.57. The number of Topliss-reactive ketones (excluding diaryl/α,β-unsaturated/α-hetero) is 1. The number of thiophene rings is 1. The summed E-state index contributed by atoms with van der Waals surface area (Å²) in [6, 6.07) is 10.0. The topological polar surface area (TPSA) is 17.1 Å². The Balaban J connectivity index is 2.19.